The Hall–Kier alpha value is -4.32. The Morgan fingerprint density at radius 2 is 1.98 bits per heavy atom. The smallest absolute Gasteiger partial charge is 0.408 e. The van der Waals surface area contributed by atoms with Crippen molar-refractivity contribution < 1.29 is 28.5 Å². The molecule has 1 saturated carbocycles. The zero-order chi connectivity index (χ0) is 32.9. The Kier molecular flexibility index (Phi) is 8.02. The minimum Gasteiger partial charge on any atom is -0.468 e. The number of methoxy groups -OCH3 is 1. The van der Waals surface area contributed by atoms with Gasteiger partial charge in [-0.15, -0.1) is 0 Å². The van der Waals surface area contributed by atoms with E-state index in [4.69, 9.17) is 24.2 Å². The topological polar surface area (TPSA) is 109 Å². The van der Waals surface area contributed by atoms with Gasteiger partial charge in [-0.05, 0) is 79.9 Å². The number of hydrogen-bond donors (Lipinski definition) is 2. The lowest BCUT2D eigenvalue weighted by Gasteiger charge is -2.43. The summed E-state index contributed by atoms with van der Waals surface area (Å²) in [6.45, 7) is 6.23. The maximum absolute atomic E-state index is 17.4. The minimum absolute atomic E-state index is 0.0177. The van der Waals surface area contributed by atoms with Crippen molar-refractivity contribution in [3.05, 3.63) is 66.1 Å². The van der Waals surface area contributed by atoms with E-state index in [9.17, 15) is 9.90 Å². The molecule has 0 radical (unpaired) electrons. The summed E-state index contributed by atoms with van der Waals surface area (Å²) in [5.74, 6) is -0.0368. The first-order valence-electron chi connectivity index (χ1n) is 16.0. The zero-order valence-corrected chi connectivity index (χ0v) is 27.0. The van der Waals surface area contributed by atoms with Crippen LogP contribution in [-0.2, 0) is 10.3 Å². The molecule has 3 aliphatic rings. The lowest BCUT2D eigenvalue weighted by atomic mass is 9.86. The summed E-state index contributed by atoms with van der Waals surface area (Å²) in [5, 5.41) is 16.0. The third kappa shape index (κ3) is 5.46. The molecule has 2 aliphatic heterocycles. The summed E-state index contributed by atoms with van der Waals surface area (Å²) in [6, 6.07) is 13.1. The Bertz CT molecular complexity index is 1870. The average molecular weight is 642 g/mol. The second kappa shape index (κ2) is 12.0. The van der Waals surface area contributed by atoms with Crippen molar-refractivity contribution in [2.75, 3.05) is 54.2 Å². The largest absolute Gasteiger partial charge is 0.468 e. The van der Waals surface area contributed by atoms with Crippen molar-refractivity contribution in [2.24, 2.45) is 5.41 Å². The number of piperazine rings is 1. The van der Waals surface area contributed by atoms with Crippen LogP contribution in [0.4, 0.5) is 9.18 Å². The maximum atomic E-state index is 17.4. The summed E-state index contributed by atoms with van der Waals surface area (Å²) in [7, 11) is 5.61. The molecule has 47 heavy (non-hydrogen) atoms. The van der Waals surface area contributed by atoms with Gasteiger partial charge < -0.3 is 29.5 Å². The van der Waals surface area contributed by atoms with Gasteiger partial charge in [0.25, 0.3) is 0 Å². The molecule has 1 aliphatic carbocycles. The summed E-state index contributed by atoms with van der Waals surface area (Å²) in [4.78, 5) is 26.0. The number of ether oxygens (including phenoxy) is 3. The molecule has 0 spiro atoms. The van der Waals surface area contributed by atoms with E-state index in [-0.39, 0.29) is 29.8 Å². The molecule has 2 atom stereocenters. The molecule has 2 N–H and O–H groups in total. The van der Waals surface area contributed by atoms with Gasteiger partial charge >= 0.3 is 12.1 Å². The van der Waals surface area contributed by atoms with Gasteiger partial charge in [-0.1, -0.05) is 36.9 Å². The molecule has 4 aromatic rings. The monoisotopic (exact) mass is 641 g/mol. The fraction of sp³-hybridized carbons (Fsp3) is 0.417. The van der Waals surface area contributed by atoms with E-state index < -0.39 is 17.4 Å². The average Bonchev–Trinajstić information content (AvgIpc) is 3.78. The number of rotatable bonds is 11. The van der Waals surface area contributed by atoms with Crippen LogP contribution in [0.1, 0.15) is 36.9 Å². The number of carboxylic acid groups (broad SMARTS) is 1. The van der Waals surface area contributed by atoms with Crippen LogP contribution in [0.5, 0.6) is 11.8 Å². The highest BCUT2D eigenvalue weighted by Gasteiger charge is 2.54. The molecule has 2 bridgehead atoms. The Balaban J connectivity index is 1.46. The number of carbonyl (C=O) groups is 1. The van der Waals surface area contributed by atoms with Crippen LogP contribution < -0.4 is 14.8 Å². The lowest BCUT2D eigenvalue weighted by Crippen LogP contribution is -2.60. The van der Waals surface area contributed by atoms with E-state index in [0.29, 0.717) is 66.1 Å². The molecule has 2 saturated heterocycles. The number of aromatic nitrogens is 2. The van der Waals surface area contributed by atoms with Crippen LogP contribution >= 0.6 is 0 Å². The number of benzene rings is 3. The minimum atomic E-state index is -1.02. The lowest BCUT2D eigenvalue weighted by molar-refractivity contribution is 0.0512. The van der Waals surface area contributed by atoms with Crippen LogP contribution in [-0.4, -0.2) is 91.2 Å². The molecule has 3 heterocycles. The first-order valence-corrected chi connectivity index (χ1v) is 16.0. The molecule has 3 fully saturated rings. The van der Waals surface area contributed by atoms with Gasteiger partial charge in [0.1, 0.15) is 16.8 Å². The van der Waals surface area contributed by atoms with Gasteiger partial charge in [0, 0.05) is 49.2 Å². The molecular formula is C36H40FN5O5. The molecule has 3 aromatic carbocycles. The van der Waals surface area contributed by atoms with Gasteiger partial charge in [-0.2, -0.15) is 9.97 Å². The van der Waals surface area contributed by atoms with E-state index in [1.165, 1.54) is 4.90 Å². The number of halogens is 1. The molecule has 1 amide bonds. The summed E-state index contributed by atoms with van der Waals surface area (Å²) >= 11 is 0. The van der Waals surface area contributed by atoms with E-state index in [0.717, 1.165) is 30.2 Å². The molecular weight excluding hydrogens is 601 g/mol. The number of nitrogens with one attached hydrogen (secondary N) is 1. The molecule has 10 nitrogen and oxygen atoms in total. The molecule has 11 heteroatoms. The fourth-order valence-corrected chi connectivity index (χ4v) is 7.67. The van der Waals surface area contributed by atoms with Crippen molar-refractivity contribution in [3.63, 3.8) is 0 Å². The predicted molar refractivity (Wildman–Crippen MR) is 178 cm³/mol. The van der Waals surface area contributed by atoms with Crippen LogP contribution in [0, 0.1) is 11.2 Å². The van der Waals surface area contributed by atoms with E-state index in [1.807, 2.05) is 50.5 Å². The maximum Gasteiger partial charge on any atom is 0.408 e. The number of fused-ring (bicyclic) bond motifs is 4. The zero-order valence-electron chi connectivity index (χ0n) is 27.0. The predicted octanol–water partition coefficient (Wildman–Crippen LogP) is 5.88. The van der Waals surface area contributed by atoms with E-state index >= 15 is 4.39 Å². The highest BCUT2D eigenvalue weighted by Crippen LogP contribution is 2.49. The molecule has 7 rings (SSSR count). The quantitative estimate of drug-likeness (QED) is 0.194. The van der Waals surface area contributed by atoms with E-state index in [1.54, 1.807) is 19.3 Å². The third-order valence-electron chi connectivity index (χ3n) is 9.89. The number of amides is 1. The van der Waals surface area contributed by atoms with Gasteiger partial charge in [0.2, 0.25) is 0 Å². The van der Waals surface area contributed by atoms with Crippen LogP contribution in [0.2, 0.25) is 0 Å². The van der Waals surface area contributed by atoms with Crippen LogP contribution in [0.3, 0.4) is 0 Å². The first kappa shape index (κ1) is 31.3. The van der Waals surface area contributed by atoms with Crippen molar-refractivity contribution >= 4 is 33.8 Å². The first-order chi connectivity index (χ1) is 22.7. The highest BCUT2D eigenvalue weighted by atomic mass is 19.1. The SMILES string of the molecule is C=Cc1cc2c(C34CCC(CNC3)N4C(=O)O)nc(OCC3(CN(C)C)CC3)nc2c(F)c1-c1cc(OCOC)cc2ccccc12. The van der Waals surface area contributed by atoms with Crippen molar-refractivity contribution in [2.45, 2.75) is 37.3 Å². The number of nitrogens with zero attached hydrogens (tertiary/aromatic N) is 4. The van der Waals surface area contributed by atoms with E-state index in [2.05, 4.69) is 16.8 Å². The van der Waals surface area contributed by atoms with Crippen molar-refractivity contribution in [1.29, 1.82) is 0 Å². The molecule has 1 aromatic heterocycles. The number of hydrogen-bond acceptors (Lipinski definition) is 8. The van der Waals surface area contributed by atoms with Crippen molar-refractivity contribution in [1.82, 2.24) is 25.1 Å². The molecule has 246 valence electrons. The molecule has 2 unspecified atom stereocenters. The van der Waals surface area contributed by atoms with Gasteiger partial charge in [-0.25, -0.2) is 9.18 Å². The van der Waals surface area contributed by atoms with Crippen LogP contribution in [0.25, 0.3) is 38.9 Å². The Morgan fingerprint density at radius 1 is 1.17 bits per heavy atom. The second-order valence-electron chi connectivity index (χ2n) is 13.4. The Labute approximate surface area is 273 Å². The third-order valence-corrected chi connectivity index (χ3v) is 9.89. The summed E-state index contributed by atoms with van der Waals surface area (Å²) < 4.78 is 34.6. The van der Waals surface area contributed by atoms with Gasteiger partial charge in [-0.3, -0.25) is 4.90 Å². The Morgan fingerprint density at radius 3 is 2.70 bits per heavy atom. The standard InChI is InChI=1S/C36H40FN5O5/c1-5-22-15-28-31(30(37)29(22)27-16-25(47-21-45-4)14-23-8-6-7-9-26(23)27)39-33(46-20-35(12-13-35)19-41(2)3)40-32(28)36-11-10-24(17-38-18-36)42(36)34(43)44/h5-9,14-16,24,38H,1,10-13,17-21H2,2-4H3,(H,43,44). The van der Waals surface area contributed by atoms with Gasteiger partial charge in [0.15, 0.2) is 12.6 Å². The second-order valence-corrected chi connectivity index (χ2v) is 13.4. The fourth-order valence-electron chi connectivity index (χ4n) is 7.67. The van der Waals surface area contributed by atoms with Crippen molar-refractivity contribution in [3.8, 4) is 22.9 Å². The summed E-state index contributed by atoms with van der Waals surface area (Å²) in [5.41, 5.74) is 0.943. The summed E-state index contributed by atoms with van der Waals surface area (Å²) in [6.07, 6.45) is 3.84. The normalized spacial score (nSPS) is 21.4. The van der Waals surface area contributed by atoms with Gasteiger partial charge in [0.05, 0.1) is 12.3 Å². The highest BCUT2D eigenvalue weighted by molar-refractivity contribution is 6.03. The van der Waals surface area contributed by atoms with Crippen LogP contribution in [0.15, 0.2) is 49.0 Å².